The fourth-order valence-electron chi connectivity index (χ4n) is 17.4. The number of aromatic nitrogens is 4. The number of benzene rings is 14. The lowest BCUT2D eigenvalue weighted by Gasteiger charge is -2.24. The SMILES string of the molecule is CC1(C)c2ccccc2-c2cccc(-c3cccc(-c4ccc5sc6ncc(-c7cccc(-c8cccc9c8C(C)(C)c8ccccc8-9)c7)nc6c5c4)c3)c21.c1cc(-c2cnc3sc4cccc(-c5cccc(-c6cccc7c6sc6ccccc67)c5)c4c3n2)cc(-c2cccc3c2sc2ccccc23)c1. The second-order valence-corrected chi connectivity index (χ2v) is 33.3. The summed E-state index contributed by atoms with van der Waals surface area (Å²) >= 11 is 7.16. The molecule has 14 aromatic carbocycles. The predicted molar refractivity (Wildman–Crippen MR) is 454 cm³/mol. The number of hydrogen-bond donors (Lipinski definition) is 0. The first-order valence-electron chi connectivity index (χ1n) is 36.1. The predicted octanol–water partition coefficient (Wildman–Crippen LogP) is 28.4. The van der Waals surface area contributed by atoms with Gasteiger partial charge < -0.3 is 0 Å². The van der Waals surface area contributed by atoms with Crippen molar-refractivity contribution in [1.29, 1.82) is 0 Å². The van der Waals surface area contributed by atoms with Crippen molar-refractivity contribution in [1.82, 2.24) is 19.9 Å². The zero-order valence-electron chi connectivity index (χ0n) is 58.4. The highest BCUT2D eigenvalue weighted by Crippen LogP contribution is 2.55. The topological polar surface area (TPSA) is 51.6 Å². The zero-order chi connectivity index (χ0) is 70.5. The molecule has 0 aliphatic heterocycles. The Hall–Kier alpha value is -11.9. The molecule has 500 valence electrons. The molecule has 0 saturated carbocycles. The summed E-state index contributed by atoms with van der Waals surface area (Å²) < 4.78 is 7.68. The van der Waals surface area contributed by atoms with Gasteiger partial charge in [0.15, 0.2) is 0 Å². The van der Waals surface area contributed by atoms with E-state index in [9.17, 15) is 0 Å². The van der Waals surface area contributed by atoms with Crippen molar-refractivity contribution in [2.24, 2.45) is 0 Å². The second-order valence-electron chi connectivity index (χ2n) is 29.1. The van der Waals surface area contributed by atoms with Gasteiger partial charge in [0.05, 0.1) is 23.8 Å². The van der Waals surface area contributed by atoms with Gasteiger partial charge >= 0.3 is 0 Å². The number of thiophene rings is 4. The monoisotopic (exact) mass is 1420 g/mol. The maximum atomic E-state index is 5.35. The minimum absolute atomic E-state index is 0.0769. The molecule has 2 aliphatic carbocycles. The number of nitrogens with zero attached hydrogens (tertiary/aromatic N) is 4. The van der Waals surface area contributed by atoms with Crippen LogP contribution in [0.2, 0.25) is 0 Å². The Morgan fingerprint density at radius 3 is 1.18 bits per heavy atom. The van der Waals surface area contributed by atoms with Gasteiger partial charge in [-0.2, -0.15) is 0 Å². The molecule has 0 atom stereocenters. The Morgan fingerprint density at radius 1 is 0.245 bits per heavy atom. The second kappa shape index (κ2) is 24.4. The van der Waals surface area contributed by atoms with E-state index in [-0.39, 0.29) is 10.8 Å². The lowest BCUT2D eigenvalue weighted by Crippen LogP contribution is -2.16. The van der Waals surface area contributed by atoms with Crippen LogP contribution in [0.3, 0.4) is 0 Å². The highest BCUT2D eigenvalue weighted by atomic mass is 32.1. The van der Waals surface area contributed by atoms with Gasteiger partial charge in [-0.25, -0.2) is 19.9 Å². The third-order valence-electron chi connectivity index (χ3n) is 22.3. The summed E-state index contributed by atoms with van der Waals surface area (Å²) in [5.41, 5.74) is 31.3. The summed E-state index contributed by atoms with van der Waals surface area (Å²) in [6, 6.07) is 111. The minimum atomic E-state index is -0.0897. The quantitative estimate of drug-likeness (QED) is 0.152. The van der Waals surface area contributed by atoms with Crippen molar-refractivity contribution in [2.75, 3.05) is 0 Å². The molecule has 0 saturated heterocycles. The van der Waals surface area contributed by atoms with E-state index < -0.39 is 0 Å². The summed E-state index contributed by atoms with van der Waals surface area (Å²) in [5.74, 6) is 0. The molecule has 0 radical (unpaired) electrons. The highest BCUT2D eigenvalue weighted by molar-refractivity contribution is 7.27. The lowest BCUT2D eigenvalue weighted by atomic mass is 9.78. The first-order chi connectivity index (χ1) is 52.0. The molecule has 4 nitrogen and oxygen atoms in total. The van der Waals surface area contributed by atoms with Gasteiger partial charge in [0.25, 0.3) is 0 Å². The molecule has 106 heavy (non-hydrogen) atoms. The van der Waals surface area contributed by atoms with Crippen molar-refractivity contribution in [3.05, 3.63) is 338 Å². The average Bonchev–Trinajstić information content (AvgIpc) is 1.58. The molecule has 6 aromatic heterocycles. The molecule has 0 bridgehead atoms. The highest BCUT2D eigenvalue weighted by Gasteiger charge is 2.39. The summed E-state index contributed by atoms with van der Waals surface area (Å²) in [5, 5.41) is 7.57. The van der Waals surface area contributed by atoms with E-state index in [0.29, 0.717) is 0 Å². The van der Waals surface area contributed by atoms with Gasteiger partial charge in [0.1, 0.15) is 20.7 Å². The van der Waals surface area contributed by atoms with Crippen molar-refractivity contribution in [3.8, 4) is 112 Å². The molecule has 20 aromatic rings. The van der Waals surface area contributed by atoms with E-state index in [1.54, 1.807) is 22.7 Å². The Morgan fingerprint density at radius 2 is 0.604 bits per heavy atom. The number of hydrogen-bond acceptors (Lipinski definition) is 8. The molecule has 0 unspecified atom stereocenters. The van der Waals surface area contributed by atoms with Crippen molar-refractivity contribution in [2.45, 2.75) is 38.5 Å². The van der Waals surface area contributed by atoms with E-state index in [0.717, 1.165) is 54.0 Å². The van der Waals surface area contributed by atoms with Crippen LogP contribution in [-0.4, -0.2) is 19.9 Å². The van der Waals surface area contributed by atoms with Crippen LogP contribution in [0.5, 0.6) is 0 Å². The van der Waals surface area contributed by atoms with Gasteiger partial charge in [-0.1, -0.05) is 276 Å². The molecular formula is C98H64N4S4. The molecular weight excluding hydrogens is 1360 g/mol. The zero-order valence-corrected chi connectivity index (χ0v) is 61.7. The fourth-order valence-corrected chi connectivity index (χ4v) is 21.8. The Balaban J connectivity index is 0.000000137. The lowest BCUT2D eigenvalue weighted by molar-refractivity contribution is 0.662. The van der Waals surface area contributed by atoms with Gasteiger partial charge in [0, 0.05) is 82.5 Å². The van der Waals surface area contributed by atoms with Crippen LogP contribution in [-0.2, 0) is 10.8 Å². The molecule has 8 heteroatoms. The number of fused-ring (bicyclic) bond motifs is 18. The minimum Gasteiger partial charge on any atom is -0.243 e. The molecule has 0 N–H and O–H groups in total. The largest absolute Gasteiger partial charge is 0.243 e. The smallest absolute Gasteiger partial charge is 0.143 e. The van der Waals surface area contributed by atoms with E-state index in [4.69, 9.17) is 19.9 Å². The molecule has 22 rings (SSSR count). The van der Waals surface area contributed by atoms with Crippen molar-refractivity contribution >= 4 is 127 Å². The van der Waals surface area contributed by atoms with Gasteiger partial charge in [-0.15, -0.1) is 45.3 Å². The normalized spacial score (nSPS) is 13.2. The fraction of sp³-hybridized carbons (Fsp3) is 0.0612. The standard InChI is InChI=1S/C52H38N2S.C46H26N2S3/c1-51(2)43-23-7-5-17-38(43)40-21-11-19-36(47(40)51)33-14-9-13-31(27-33)32-25-26-46-42(29-32)49-50(55-46)53-30-45(54-49)35-16-10-15-34(28-35)37-20-12-22-41-39-18-6-8-24-44(39)52(3,4)48(37)41;1-3-21-39-34(14-1)36-19-7-17-32(44(36)49-39)28-11-5-10-27(24-28)31-16-9-23-41-42(31)43-46(51-41)47-26-38(48-43)30-13-6-12-29(25-30)33-18-8-20-37-35-15-2-4-22-40(35)50-45(33)37/h5-30H,1-4H3;1-26H. The summed E-state index contributed by atoms with van der Waals surface area (Å²) in [6.07, 6.45) is 3.87. The Bertz CT molecular complexity index is 6850. The maximum absolute atomic E-state index is 5.35. The molecule has 6 heterocycles. The third-order valence-corrected chi connectivity index (χ3v) is 26.8. The molecule has 0 fully saturated rings. The average molecular weight is 1430 g/mol. The first-order valence-corrected chi connectivity index (χ1v) is 39.4. The summed E-state index contributed by atoms with van der Waals surface area (Å²) in [6.45, 7) is 9.42. The van der Waals surface area contributed by atoms with Gasteiger partial charge in [-0.3, -0.25) is 0 Å². The van der Waals surface area contributed by atoms with Crippen LogP contribution in [0.1, 0.15) is 49.9 Å². The van der Waals surface area contributed by atoms with E-state index in [2.05, 4.69) is 331 Å². The Labute approximate surface area is 629 Å². The molecule has 0 spiro atoms. The van der Waals surface area contributed by atoms with Crippen LogP contribution in [0.4, 0.5) is 0 Å². The van der Waals surface area contributed by atoms with Crippen molar-refractivity contribution in [3.63, 3.8) is 0 Å². The molecule has 2 aliphatic rings. The van der Waals surface area contributed by atoms with Crippen LogP contribution in [0.15, 0.2) is 316 Å². The summed E-state index contributed by atoms with van der Waals surface area (Å²) in [7, 11) is 0. The van der Waals surface area contributed by atoms with E-state index in [1.807, 2.05) is 35.1 Å². The van der Waals surface area contributed by atoms with Gasteiger partial charge in [0.2, 0.25) is 0 Å². The van der Waals surface area contributed by atoms with Crippen LogP contribution < -0.4 is 0 Å². The number of rotatable bonds is 8. The van der Waals surface area contributed by atoms with Crippen LogP contribution >= 0.6 is 45.3 Å². The van der Waals surface area contributed by atoms with E-state index in [1.165, 1.54) is 161 Å². The van der Waals surface area contributed by atoms with Crippen LogP contribution in [0, 0.1) is 0 Å². The summed E-state index contributed by atoms with van der Waals surface area (Å²) in [4.78, 5) is 22.6. The third kappa shape index (κ3) is 9.96. The maximum Gasteiger partial charge on any atom is 0.143 e. The van der Waals surface area contributed by atoms with Gasteiger partial charge in [-0.05, 0) is 166 Å². The first kappa shape index (κ1) is 62.7. The van der Waals surface area contributed by atoms with Crippen LogP contribution in [0.25, 0.3) is 193 Å². The van der Waals surface area contributed by atoms with Crippen molar-refractivity contribution < 1.29 is 0 Å². The molecule has 0 amide bonds. The Kier molecular flexibility index (Phi) is 14.4. The van der Waals surface area contributed by atoms with E-state index >= 15 is 0 Å².